The van der Waals surface area contributed by atoms with Crippen molar-refractivity contribution in [3.05, 3.63) is 98.1 Å². The molecule has 3 aromatic carbocycles. The Morgan fingerprint density at radius 1 is 1.00 bits per heavy atom. The van der Waals surface area contributed by atoms with Gasteiger partial charge in [0.1, 0.15) is 12.4 Å². The highest BCUT2D eigenvalue weighted by molar-refractivity contribution is 8.18. The van der Waals surface area contributed by atoms with Crippen molar-refractivity contribution in [2.24, 2.45) is 0 Å². The van der Waals surface area contributed by atoms with E-state index >= 15 is 0 Å². The maximum absolute atomic E-state index is 13.5. The number of carbonyl (C=O) groups is 2. The van der Waals surface area contributed by atoms with Crippen molar-refractivity contribution in [2.75, 3.05) is 6.61 Å². The van der Waals surface area contributed by atoms with Gasteiger partial charge < -0.3 is 9.47 Å². The zero-order valence-corrected chi connectivity index (χ0v) is 20.9. The number of ether oxygens (including phenoxy) is 2. The molecule has 180 valence electrons. The fourth-order valence-electron chi connectivity index (χ4n) is 3.42. The molecular weight excluding hydrogens is 512 g/mol. The third-order valence-electron chi connectivity index (χ3n) is 5.03. The third kappa shape index (κ3) is 6.17. The summed E-state index contributed by atoms with van der Waals surface area (Å²) in [5.41, 5.74) is 2.01. The number of rotatable bonds is 8. The van der Waals surface area contributed by atoms with Crippen LogP contribution in [0, 0.1) is 5.82 Å². The summed E-state index contributed by atoms with van der Waals surface area (Å²) in [4.78, 5) is 26.9. The molecule has 0 aromatic heterocycles. The van der Waals surface area contributed by atoms with E-state index in [2.05, 4.69) is 0 Å². The van der Waals surface area contributed by atoms with Gasteiger partial charge in [-0.15, -0.1) is 0 Å². The molecule has 1 heterocycles. The highest BCUT2D eigenvalue weighted by Gasteiger charge is 2.35. The molecule has 0 saturated carbocycles. The zero-order chi connectivity index (χ0) is 24.9. The van der Waals surface area contributed by atoms with Crippen molar-refractivity contribution in [3.63, 3.8) is 0 Å². The zero-order valence-electron chi connectivity index (χ0n) is 18.6. The van der Waals surface area contributed by atoms with Crippen LogP contribution >= 0.6 is 35.0 Å². The van der Waals surface area contributed by atoms with E-state index in [1.54, 1.807) is 54.6 Å². The number of hydrogen-bond acceptors (Lipinski definition) is 5. The Labute approximate surface area is 216 Å². The van der Waals surface area contributed by atoms with Crippen LogP contribution in [-0.4, -0.2) is 22.7 Å². The molecule has 4 rings (SSSR count). The first-order chi connectivity index (χ1) is 16.8. The van der Waals surface area contributed by atoms with Gasteiger partial charge in [-0.05, 0) is 77.9 Å². The van der Waals surface area contributed by atoms with Gasteiger partial charge in [0.15, 0.2) is 11.5 Å². The SMILES string of the molecule is CCOc1cc(/C=C2\SC(=O)N(Cc3ccc(Cl)cc3)C2=O)cc(Cl)c1OCc1cccc(F)c1. The third-order valence-corrected chi connectivity index (χ3v) is 6.47. The lowest BCUT2D eigenvalue weighted by atomic mass is 10.1. The molecule has 2 amide bonds. The first-order valence-corrected chi connectivity index (χ1v) is 12.2. The monoisotopic (exact) mass is 531 g/mol. The molecule has 0 unspecified atom stereocenters. The topological polar surface area (TPSA) is 55.8 Å². The maximum Gasteiger partial charge on any atom is 0.293 e. The molecule has 0 radical (unpaired) electrons. The van der Waals surface area contributed by atoms with E-state index in [-0.39, 0.29) is 34.1 Å². The number of imide groups is 1. The summed E-state index contributed by atoms with van der Waals surface area (Å²) in [6.45, 7) is 2.42. The second-order valence-electron chi connectivity index (χ2n) is 7.58. The summed E-state index contributed by atoms with van der Waals surface area (Å²) in [7, 11) is 0. The number of amides is 2. The van der Waals surface area contributed by atoms with Crippen molar-refractivity contribution in [3.8, 4) is 11.5 Å². The Hall–Kier alpha value is -3.00. The Balaban J connectivity index is 1.55. The molecule has 0 N–H and O–H groups in total. The van der Waals surface area contributed by atoms with Crippen molar-refractivity contribution >= 4 is 52.2 Å². The molecule has 1 aliphatic rings. The maximum atomic E-state index is 13.5. The quantitative estimate of drug-likeness (QED) is 0.284. The van der Waals surface area contributed by atoms with Crippen LogP contribution in [0.3, 0.4) is 0 Å². The van der Waals surface area contributed by atoms with Crippen molar-refractivity contribution in [1.29, 1.82) is 0 Å². The van der Waals surface area contributed by atoms with E-state index in [0.717, 1.165) is 17.3 Å². The predicted molar refractivity (Wildman–Crippen MR) is 136 cm³/mol. The molecule has 1 fully saturated rings. The second kappa shape index (κ2) is 11.2. The number of thioether (sulfide) groups is 1. The number of carbonyl (C=O) groups excluding carboxylic acids is 2. The fraction of sp³-hybridized carbons (Fsp3) is 0.154. The minimum absolute atomic E-state index is 0.0977. The Morgan fingerprint density at radius 2 is 1.77 bits per heavy atom. The molecule has 9 heteroatoms. The lowest BCUT2D eigenvalue weighted by molar-refractivity contribution is -0.123. The fourth-order valence-corrected chi connectivity index (χ4v) is 4.65. The Morgan fingerprint density at radius 3 is 2.49 bits per heavy atom. The van der Waals surface area contributed by atoms with E-state index in [9.17, 15) is 14.0 Å². The van der Waals surface area contributed by atoms with Gasteiger partial charge in [0.05, 0.1) is 23.1 Å². The summed E-state index contributed by atoms with van der Waals surface area (Å²) in [6.07, 6.45) is 1.59. The van der Waals surface area contributed by atoms with Crippen LogP contribution in [0.1, 0.15) is 23.6 Å². The standard InChI is InChI=1S/C26H20Cl2FNO4S/c1-2-33-22-12-18(11-21(28)24(22)34-15-17-4-3-5-20(29)10-17)13-23-25(31)30(26(32)35-23)14-16-6-8-19(27)9-7-16/h3-13H,2,14-15H2,1H3/b23-13-. The van der Waals surface area contributed by atoms with Gasteiger partial charge >= 0.3 is 0 Å². The summed E-state index contributed by atoms with van der Waals surface area (Å²) in [5.74, 6) is -0.0631. The molecule has 1 aliphatic heterocycles. The van der Waals surface area contributed by atoms with E-state index < -0.39 is 5.91 Å². The average Bonchev–Trinajstić information content (AvgIpc) is 3.07. The molecule has 0 atom stereocenters. The van der Waals surface area contributed by atoms with Crippen molar-refractivity contribution in [1.82, 2.24) is 4.90 Å². The van der Waals surface area contributed by atoms with Gasteiger partial charge in [0, 0.05) is 5.02 Å². The Kier molecular flexibility index (Phi) is 8.00. The van der Waals surface area contributed by atoms with Gasteiger partial charge in [-0.1, -0.05) is 47.5 Å². The van der Waals surface area contributed by atoms with Crippen LogP contribution in [0.2, 0.25) is 10.0 Å². The first-order valence-electron chi connectivity index (χ1n) is 10.7. The lowest BCUT2D eigenvalue weighted by Gasteiger charge is -2.15. The highest BCUT2D eigenvalue weighted by Crippen LogP contribution is 2.40. The van der Waals surface area contributed by atoms with Crippen molar-refractivity contribution in [2.45, 2.75) is 20.1 Å². The summed E-state index contributed by atoms with van der Waals surface area (Å²) in [6, 6.07) is 16.3. The van der Waals surface area contributed by atoms with Gasteiger partial charge in [0.2, 0.25) is 0 Å². The second-order valence-corrected chi connectivity index (χ2v) is 9.41. The van der Waals surface area contributed by atoms with Crippen LogP contribution in [0.15, 0.2) is 65.6 Å². The van der Waals surface area contributed by atoms with Gasteiger partial charge in [0.25, 0.3) is 11.1 Å². The highest BCUT2D eigenvalue weighted by atomic mass is 35.5. The average molecular weight is 532 g/mol. The molecular formula is C26H20Cl2FNO4S. The number of hydrogen-bond donors (Lipinski definition) is 0. The van der Waals surface area contributed by atoms with Crippen LogP contribution in [0.4, 0.5) is 9.18 Å². The van der Waals surface area contributed by atoms with E-state index in [4.69, 9.17) is 32.7 Å². The van der Waals surface area contributed by atoms with E-state index in [0.29, 0.717) is 34.3 Å². The normalized spacial score (nSPS) is 14.6. The van der Waals surface area contributed by atoms with Crippen LogP contribution < -0.4 is 9.47 Å². The minimum atomic E-state index is -0.393. The molecule has 0 aliphatic carbocycles. The molecule has 0 spiro atoms. The largest absolute Gasteiger partial charge is 0.490 e. The molecule has 5 nitrogen and oxygen atoms in total. The summed E-state index contributed by atoms with van der Waals surface area (Å²) < 4.78 is 25.0. The Bertz CT molecular complexity index is 1300. The smallest absolute Gasteiger partial charge is 0.293 e. The van der Waals surface area contributed by atoms with Gasteiger partial charge in [-0.25, -0.2) is 4.39 Å². The van der Waals surface area contributed by atoms with E-state index in [1.807, 2.05) is 6.92 Å². The molecule has 35 heavy (non-hydrogen) atoms. The summed E-state index contributed by atoms with van der Waals surface area (Å²) >= 11 is 13.2. The number of halogens is 3. The van der Waals surface area contributed by atoms with Crippen LogP contribution in [0.25, 0.3) is 6.08 Å². The molecule has 1 saturated heterocycles. The van der Waals surface area contributed by atoms with Crippen molar-refractivity contribution < 1.29 is 23.5 Å². The van der Waals surface area contributed by atoms with Gasteiger partial charge in [-0.3, -0.25) is 14.5 Å². The molecule has 3 aromatic rings. The number of benzene rings is 3. The first kappa shape index (κ1) is 25.1. The van der Waals surface area contributed by atoms with Gasteiger partial charge in [-0.2, -0.15) is 0 Å². The summed E-state index contributed by atoms with van der Waals surface area (Å²) in [5, 5.41) is 0.481. The van der Waals surface area contributed by atoms with Crippen LogP contribution in [-0.2, 0) is 17.9 Å². The minimum Gasteiger partial charge on any atom is -0.490 e. The van der Waals surface area contributed by atoms with E-state index in [1.165, 1.54) is 17.0 Å². The lowest BCUT2D eigenvalue weighted by Crippen LogP contribution is -2.27. The predicted octanol–water partition coefficient (Wildman–Crippen LogP) is 7.35. The van der Waals surface area contributed by atoms with Crippen LogP contribution in [0.5, 0.6) is 11.5 Å². The molecule has 0 bridgehead atoms. The number of nitrogens with zero attached hydrogens (tertiary/aromatic N) is 1.